The first-order valence-corrected chi connectivity index (χ1v) is 13.3. The highest BCUT2D eigenvalue weighted by Crippen LogP contribution is 2.29. The van der Waals surface area contributed by atoms with Gasteiger partial charge in [-0.2, -0.15) is 5.26 Å². The smallest absolute Gasteiger partial charge is 0.262 e. The maximum atomic E-state index is 12.7. The van der Waals surface area contributed by atoms with Gasteiger partial charge in [-0.1, -0.05) is 32.0 Å². The summed E-state index contributed by atoms with van der Waals surface area (Å²) in [5.74, 6) is 0.181. The van der Waals surface area contributed by atoms with Crippen molar-refractivity contribution in [2.75, 3.05) is 31.2 Å². The minimum Gasteiger partial charge on any atom is -0.457 e. The maximum absolute atomic E-state index is 12.7. The summed E-state index contributed by atoms with van der Waals surface area (Å²) in [4.78, 5) is 15.1. The highest BCUT2D eigenvalue weighted by molar-refractivity contribution is 6.01. The lowest BCUT2D eigenvalue weighted by Gasteiger charge is -2.37. The van der Waals surface area contributed by atoms with E-state index in [1.54, 1.807) is 12.1 Å². The number of hydrogen-bond donors (Lipinski definition) is 4. The van der Waals surface area contributed by atoms with E-state index in [-0.39, 0.29) is 12.2 Å². The van der Waals surface area contributed by atoms with Gasteiger partial charge in [-0.05, 0) is 53.9 Å². The number of nitrogens with one attached hydrogen (secondary N) is 1. The van der Waals surface area contributed by atoms with E-state index in [1.807, 2.05) is 18.2 Å². The summed E-state index contributed by atoms with van der Waals surface area (Å²) in [6.45, 7) is 5.83. The quantitative estimate of drug-likeness (QED) is 0.230. The van der Waals surface area contributed by atoms with Crippen LogP contribution >= 0.6 is 0 Å². The highest BCUT2D eigenvalue weighted by atomic mass is 16.5. The van der Waals surface area contributed by atoms with Crippen LogP contribution < -0.4 is 10.2 Å². The molecule has 2 heterocycles. The fourth-order valence-electron chi connectivity index (χ4n) is 4.79. The summed E-state index contributed by atoms with van der Waals surface area (Å²) in [6.07, 6.45) is -0.143. The highest BCUT2D eigenvalue weighted by Gasteiger charge is 2.39. The number of carbonyl (C=O) groups is 1. The summed E-state index contributed by atoms with van der Waals surface area (Å²) < 4.78 is 11.2. The number of anilines is 1. The molecular formula is C30H35N3O6. The molecule has 0 spiro atoms. The lowest BCUT2D eigenvalue weighted by atomic mass is 9.98. The van der Waals surface area contributed by atoms with Crippen LogP contribution in [-0.4, -0.2) is 71.9 Å². The number of rotatable bonds is 10. The molecule has 1 saturated heterocycles. The van der Waals surface area contributed by atoms with Gasteiger partial charge in [-0.15, -0.1) is 0 Å². The number of nitriles is 1. The van der Waals surface area contributed by atoms with E-state index in [0.717, 1.165) is 42.3 Å². The molecule has 9 nitrogen and oxygen atoms in total. The number of fused-ring (bicyclic) bond motifs is 1. The molecule has 206 valence electrons. The molecule has 2 aromatic carbocycles. The number of aliphatic hydroxyl groups excluding tert-OH is 3. The first kappa shape index (κ1) is 28.3. The van der Waals surface area contributed by atoms with Crippen molar-refractivity contribution in [2.45, 2.75) is 51.0 Å². The molecule has 0 aliphatic carbocycles. The van der Waals surface area contributed by atoms with Crippen molar-refractivity contribution < 1.29 is 29.3 Å². The molecule has 0 bridgehead atoms. The number of aliphatic hydroxyl groups is 3. The molecule has 0 saturated carbocycles. The van der Waals surface area contributed by atoms with Gasteiger partial charge < -0.3 is 34.7 Å². The average molecular weight is 534 g/mol. The number of furan rings is 1. The monoisotopic (exact) mass is 533 g/mol. The summed E-state index contributed by atoms with van der Waals surface area (Å²) in [5.41, 5.74) is 1.85. The molecule has 4 rings (SSSR count). The predicted molar refractivity (Wildman–Crippen MR) is 149 cm³/mol. The Kier molecular flexibility index (Phi) is 9.38. The molecule has 0 unspecified atom stereocenters. The summed E-state index contributed by atoms with van der Waals surface area (Å²) in [6, 6.07) is 16.9. The Morgan fingerprint density at radius 1 is 1.08 bits per heavy atom. The average Bonchev–Trinajstić information content (AvgIpc) is 3.42. The Bertz CT molecular complexity index is 1350. The lowest BCUT2D eigenvalue weighted by Crippen LogP contribution is -2.60. The van der Waals surface area contributed by atoms with Crippen LogP contribution in [0.25, 0.3) is 28.2 Å². The third-order valence-corrected chi connectivity index (χ3v) is 6.87. The molecule has 1 aromatic heterocycles. The van der Waals surface area contributed by atoms with Gasteiger partial charge in [0, 0.05) is 30.4 Å². The summed E-state index contributed by atoms with van der Waals surface area (Å²) >= 11 is 0. The standard InChI is InChI=1S/C30H35N3O6/c1-3-11-33(12-4-2)23-8-7-19-13-21(6-5-20(19)14-23)26-10-9-24(39-26)15-22(16-31)30(37)32-25-18-38-27(17-34)29(36)28(25)35/h5-10,13-15,25,27-29,34-36H,3-4,11-12,17-18H2,1-2H3,(H,32,37)/b22-15+/t25-,27+,28+,29+/m0/s1. The zero-order chi connectivity index (χ0) is 27.9. The third-order valence-electron chi connectivity index (χ3n) is 6.87. The van der Waals surface area contributed by atoms with Crippen molar-refractivity contribution in [3.8, 4) is 17.4 Å². The maximum Gasteiger partial charge on any atom is 0.262 e. The fraction of sp³-hybridized carbons (Fsp3) is 0.400. The predicted octanol–water partition coefficient (Wildman–Crippen LogP) is 3.23. The second kappa shape index (κ2) is 12.9. The van der Waals surface area contributed by atoms with Crippen molar-refractivity contribution in [1.29, 1.82) is 5.26 Å². The van der Waals surface area contributed by atoms with Gasteiger partial charge in [-0.3, -0.25) is 4.79 Å². The van der Waals surface area contributed by atoms with Crippen molar-refractivity contribution in [3.63, 3.8) is 0 Å². The van der Waals surface area contributed by atoms with Crippen molar-refractivity contribution in [1.82, 2.24) is 5.32 Å². The van der Waals surface area contributed by atoms with Crippen molar-refractivity contribution in [3.05, 3.63) is 59.9 Å². The Hall–Kier alpha value is -3.68. The second-order valence-corrected chi connectivity index (χ2v) is 9.72. The molecule has 1 aliphatic heterocycles. The summed E-state index contributed by atoms with van der Waals surface area (Å²) in [5, 5.41) is 43.7. The van der Waals surface area contributed by atoms with Gasteiger partial charge in [0.05, 0.1) is 19.3 Å². The zero-order valence-corrected chi connectivity index (χ0v) is 22.2. The van der Waals surface area contributed by atoms with E-state index < -0.39 is 36.9 Å². The SMILES string of the molecule is CCCN(CCC)c1ccc2cc(-c3ccc(/C=C(\C#N)C(=O)N[C@H]4CO[C@H](CO)[C@@H](O)[C@@H]4O)o3)ccc2c1. The van der Waals surface area contributed by atoms with Crippen LogP contribution in [0.15, 0.2) is 58.5 Å². The minimum absolute atomic E-state index is 0.114. The molecule has 1 aliphatic rings. The minimum atomic E-state index is -1.36. The fourth-order valence-corrected chi connectivity index (χ4v) is 4.79. The van der Waals surface area contributed by atoms with Gasteiger partial charge in [0.1, 0.15) is 41.5 Å². The van der Waals surface area contributed by atoms with Crippen molar-refractivity contribution in [2.24, 2.45) is 0 Å². The number of benzene rings is 2. The van der Waals surface area contributed by atoms with Gasteiger partial charge in [0.15, 0.2) is 0 Å². The third kappa shape index (κ3) is 6.49. The molecule has 4 atom stereocenters. The number of ether oxygens (including phenoxy) is 1. The molecule has 0 radical (unpaired) electrons. The van der Waals surface area contributed by atoms with E-state index >= 15 is 0 Å². The Balaban J connectivity index is 1.48. The molecule has 4 N–H and O–H groups in total. The molecule has 1 fully saturated rings. The van der Waals surface area contributed by atoms with Crippen LogP contribution in [0.3, 0.4) is 0 Å². The van der Waals surface area contributed by atoms with Crippen LogP contribution in [0.5, 0.6) is 0 Å². The second-order valence-electron chi connectivity index (χ2n) is 9.72. The van der Waals surface area contributed by atoms with Crippen molar-refractivity contribution >= 4 is 28.4 Å². The molecular weight excluding hydrogens is 498 g/mol. The van der Waals surface area contributed by atoms with E-state index in [0.29, 0.717) is 11.5 Å². The first-order valence-electron chi connectivity index (χ1n) is 13.3. The van der Waals surface area contributed by atoms with Crippen LogP contribution in [-0.2, 0) is 9.53 Å². The summed E-state index contributed by atoms with van der Waals surface area (Å²) in [7, 11) is 0. The lowest BCUT2D eigenvalue weighted by molar-refractivity contribution is -0.163. The number of nitrogens with zero attached hydrogens (tertiary/aromatic N) is 2. The Morgan fingerprint density at radius 3 is 2.49 bits per heavy atom. The molecule has 39 heavy (non-hydrogen) atoms. The van der Waals surface area contributed by atoms with Crippen LogP contribution in [0.2, 0.25) is 0 Å². The van der Waals surface area contributed by atoms with Crippen LogP contribution in [0.4, 0.5) is 5.69 Å². The molecule has 1 amide bonds. The van der Waals surface area contributed by atoms with Gasteiger partial charge in [0.2, 0.25) is 0 Å². The number of carbonyl (C=O) groups excluding carboxylic acids is 1. The van der Waals surface area contributed by atoms with E-state index in [4.69, 9.17) is 9.15 Å². The van der Waals surface area contributed by atoms with Gasteiger partial charge >= 0.3 is 0 Å². The number of amides is 1. The Labute approximate surface area is 227 Å². The van der Waals surface area contributed by atoms with E-state index in [1.165, 1.54) is 11.8 Å². The largest absolute Gasteiger partial charge is 0.457 e. The number of hydrogen-bond acceptors (Lipinski definition) is 8. The topological polar surface area (TPSA) is 139 Å². The van der Waals surface area contributed by atoms with E-state index in [9.17, 15) is 25.4 Å². The molecule has 9 heteroatoms. The zero-order valence-electron chi connectivity index (χ0n) is 22.2. The Morgan fingerprint density at radius 2 is 1.79 bits per heavy atom. The normalized spacial score (nSPS) is 21.5. The van der Waals surface area contributed by atoms with Crippen LogP contribution in [0, 0.1) is 11.3 Å². The van der Waals surface area contributed by atoms with E-state index in [2.05, 4.69) is 48.3 Å². The van der Waals surface area contributed by atoms with Crippen LogP contribution in [0.1, 0.15) is 32.4 Å². The van der Waals surface area contributed by atoms with Gasteiger partial charge in [-0.25, -0.2) is 0 Å². The molecule has 3 aromatic rings. The first-order chi connectivity index (χ1) is 18.9. The van der Waals surface area contributed by atoms with Gasteiger partial charge in [0.25, 0.3) is 5.91 Å².